The van der Waals surface area contributed by atoms with Crippen LogP contribution in [-0.4, -0.2) is 29.0 Å². The lowest BCUT2D eigenvalue weighted by Gasteiger charge is -2.33. The molecule has 3 unspecified atom stereocenters. The molecule has 1 saturated heterocycles. The molecule has 0 radical (unpaired) electrons. The highest BCUT2D eigenvalue weighted by atomic mass is 35.5. The lowest BCUT2D eigenvalue weighted by molar-refractivity contribution is -0.0901. The monoisotopic (exact) mass is 408 g/mol. The third kappa shape index (κ3) is 4.84. The van der Waals surface area contributed by atoms with Gasteiger partial charge in [0.1, 0.15) is 0 Å². The van der Waals surface area contributed by atoms with E-state index in [1.165, 1.54) is 6.07 Å². The van der Waals surface area contributed by atoms with Crippen molar-refractivity contribution < 1.29 is 24.1 Å². The average molecular weight is 409 g/mol. The van der Waals surface area contributed by atoms with E-state index < -0.39 is 11.9 Å². The molecule has 0 saturated carbocycles. The first kappa shape index (κ1) is 21.1. The summed E-state index contributed by atoms with van der Waals surface area (Å²) < 4.78 is 25.4. The number of hydrogen-bond acceptors (Lipinski definition) is 4. The van der Waals surface area contributed by atoms with Gasteiger partial charge in [-0.05, 0) is 67.1 Å². The highest BCUT2D eigenvalue weighted by Crippen LogP contribution is 2.36. The van der Waals surface area contributed by atoms with Gasteiger partial charge in [-0.3, -0.25) is 0 Å². The summed E-state index contributed by atoms with van der Waals surface area (Å²) in [5.41, 5.74) is 3.08. The van der Waals surface area contributed by atoms with Crippen LogP contribution in [0.5, 0.6) is 5.75 Å². The molecule has 2 N–H and O–H groups in total. The average Bonchev–Trinajstić information content (AvgIpc) is 2.64. The topological polar surface area (TPSA) is 58.9 Å². The lowest BCUT2D eigenvalue weighted by atomic mass is 9.91. The summed E-state index contributed by atoms with van der Waals surface area (Å²) in [4.78, 5) is 0. The van der Waals surface area contributed by atoms with Crippen molar-refractivity contribution in [2.75, 3.05) is 6.61 Å². The van der Waals surface area contributed by atoms with Crippen molar-refractivity contribution in [2.45, 2.75) is 58.0 Å². The number of hydrogen-bond donors (Lipinski definition) is 2. The van der Waals surface area contributed by atoms with Gasteiger partial charge >= 0.3 is 0 Å². The molecule has 0 aromatic heterocycles. The smallest absolute Gasteiger partial charge is 0.165 e. The normalized spacial score (nSPS) is 22.3. The number of rotatable bonds is 6. The molecule has 1 aliphatic rings. The lowest BCUT2D eigenvalue weighted by Crippen LogP contribution is -2.30. The van der Waals surface area contributed by atoms with E-state index in [1.807, 2.05) is 26.0 Å². The third-order valence-electron chi connectivity index (χ3n) is 5.00. The Morgan fingerprint density at radius 1 is 1.21 bits per heavy atom. The van der Waals surface area contributed by atoms with E-state index >= 15 is 0 Å². The highest BCUT2D eigenvalue weighted by molar-refractivity contribution is 6.31. The molecule has 6 heteroatoms. The van der Waals surface area contributed by atoms with Crippen LogP contribution in [0.3, 0.4) is 0 Å². The summed E-state index contributed by atoms with van der Waals surface area (Å²) in [6, 6.07) is 8.51. The van der Waals surface area contributed by atoms with E-state index in [2.05, 4.69) is 0 Å². The molecule has 1 heterocycles. The molecule has 28 heavy (non-hydrogen) atoms. The maximum absolute atomic E-state index is 14.2. The van der Waals surface area contributed by atoms with Crippen LogP contribution in [0.2, 0.25) is 5.02 Å². The molecule has 0 aliphatic carbocycles. The molecule has 0 spiro atoms. The molecule has 3 rings (SSSR count). The van der Waals surface area contributed by atoms with E-state index in [4.69, 9.17) is 21.1 Å². The molecule has 2 aromatic carbocycles. The fraction of sp³-hybridized carbons (Fsp3) is 0.455. The van der Waals surface area contributed by atoms with E-state index in [1.54, 1.807) is 12.1 Å². The Kier molecular flexibility index (Phi) is 6.94. The molecule has 4 nitrogen and oxygen atoms in total. The molecule has 3 atom stereocenters. The highest BCUT2D eigenvalue weighted by Gasteiger charge is 2.29. The van der Waals surface area contributed by atoms with Crippen LogP contribution >= 0.6 is 11.6 Å². The Morgan fingerprint density at radius 3 is 2.64 bits per heavy atom. The first-order valence-corrected chi connectivity index (χ1v) is 9.95. The first-order chi connectivity index (χ1) is 13.4. The number of aliphatic hydroxyl groups excluding tert-OH is 2. The number of benzene rings is 2. The Labute approximate surface area is 169 Å². The molecule has 1 aliphatic heterocycles. The van der Waals surface area contributed by atoms with Gasteiger partial charge in [-0.1, -0.05) is 23.7 Å². The molecule has 0 bridgehead atoms. The largest absolute Gasteiger partial charge is 0.491 e. The summed E-state index contributed by atoms with van der Waals surface area (Å²) in [6.45, 7) is 3.97. The van der Waals surface area contributed by atoms with Crippen LogP contribution in [0.4, 0.5) is 4.39 Å². The zero-order valence-corrected chi connectivity index (χ0v) is 16.9. The zero-order chi connectivity index (χ0) is 20.3. The fourth-order valence-corrected chi connectivity index (χ4v) is 3.97. The summed E-state index contributed by atoms with van der Waals surface area (Å²) in [7, 11) is 0. The third-order valence-corrected chi connectivity index (χ3v) is 5.35. The van der Waals surface area contributed by atoms with E-state index in [0.29, 0.717) is 36.5 Å². The van der Waals surface area contributed by atoms with Crippen LogP contribution < -0.4 is 4.74 Å². The summed E-state index contributed by atoms with van der Waals surface area (Å²) in [5.74, 6) is -0.178. The van der Waals surface area contributed by atoms with Gasteiger partial charge in [0, 0.05) is 11.4 Å². The summed E-state index contributed by atoms with van der Waals surface area (Å²) >= 11 is 6.43. The standard InChI is InChI=1S/C22H26ClFO4/c1-3-27-21-5-4-14(8-20(21)24)7-15-9-18(16(12-25)10-19(15)23)22-11-17(26)6-13(2)28-22/h4-5,8-10,13,17,22,25-26H,3,6-7,11-12H2,1-2H3. The molecule has 2 aromatic rings. The van der Waals surface area contributed by atoms with E-state index in [9.17, 15) is 14.6 Å². The van der Waals surface area contributed by atoms with Crippen molar-refractivity contribution >= 4 is 11.6 Å². The summed E-state index contributed by atoms with van der Waals surface area (Å²) in [6.07, 6.45) is 0.673. The Morgan fingerprint density at radius 2 is 2.00 bits per heavy atom. The van der Waals surface area contributed by atoms with Crippen LogP contribution in [-0.2, 0) is 17.8 Å². The molecular formula is C22H26ClFO4. The van der Waals surface area contributed by atoms with Crippen LogP contribution in [0.15, 0.2) is 30.3 Å². The van der Waals surface area contributed by atoms with Crippen molar-refractivity contribution in [3.63, 3.8) is 0 Å². The molecule has 1 fully saturated rings. The minimum absolute atomic E-state index is 0.0698. The second-order valence-electron chi connectivity index (χ2n) is 7.24. The quantitative estimate of drug-likeness (QED) is 0.735. The van der Waals surface area contributed by atoms with Gasteiger partial charge in [-0.2, -0.15) is 0 Å². The zero-order valence-electron chi connectivity index (χ0n) is 16.1. The van der Waals surface area contributed by atoms with Gasteiger partial charge in [-0.15, -0.1) is 0 Å². The van der Waals surface area contributed by atoms with Crippen molar-refractivity contribution in [3.05, 3.63) is 63.4 Å². The second kappa shape index (κ2) is 9.23. The van der Waals surface area contributed by atoms with E-state index in [-0.39, 0.29) is 24.6 Å². The maximum atomic E-state index is 14.2. The maximum Gasteiger partial charge on any atom is 0.165 e. The Bertz CT molecular complexity index is 816. The molecular weight excluding hydrogens is 383 g/mol. The van der Waals surface area contributed by atoms with Crippen molar-refractivity contribution in [1.82, 2.24) is 0 Å². The van der Waals surface area contributed by atoms with Crippen LogP contribution in [0.1, 0.15) is 55.0 Å². The molecule has 0 amide bonds. The Hall–Kier alpha value is -1.66. The van der Waals surface area contributed by atoms with Gasteiger partial charge in [0.05, 0.1) is 31.5 Å². The summed E-state index contributed by atoms with van der Waals surface area (Å²) in [5, 5.41) is 20.4. The fourth-order valence-electron chi connectivity index (χ4n) is 3.72. The first-order valence-electron chi connectivity index (χ1n) is 9.58. The SMILES string of the molecule is CCOc1ccc(Cc2cc(C3CC(O)CC(C)O3)c(CO)cc2Cl)cc1F. The second-order valence-corrected chi connectivity index (χ2v) is 7.64. The van der Waals surface area contributed by atoms with E-state index in [0.717, 1.165) is 16.7 Å². The number of halogens is 2. The Balaban J connectivity index is 1.90. The van der Waals surface area contributed by atoms with Crippen molar-refractivity contribution in [1.29, 1.82) is 0 Å². The van der Waals surface area contributed by atoms with Gasteiger partial charge in [0.15, 0.2) is 11.6 Å². The van der Waals surface area contributed by atoms with Gasteiger partial charge in [0.2, 0.25) is 0 Å². The van der Waals surface area contributed by atoms with Crippen molar-refractivity contribution in [3.8, 4) is 5.75 Å². The minimum Gasteiger partial charge on any atom is -0.491 e. The predicted molar refractivity (Wildman–Crippen MR) is 106 cm³/mol. The molecule has 152 valence electrons. The number of aliphatic hydroxyl groups is 2. The minimum atomic E-state index is -0.445. The van der Waals surface area contributed by atoms with Crippen molar-refractivity contribution in [2.24, 2.45) is 0 Å². The predicted octanol–water partition coefficient (Wildman–Crippen LogP) is 4.56. The van der Waals surface area contributed by atoms with Gasteiger partial charge in [0.25, 0.3) is 0 Å². The van der Waals surface area contributed by atoms with Gasteiger partial charge in [-0.25, -0.2) is 4.39 Å². The van der Waals surface area contributed by atoms with Gasteiger partial charge < -0.3 is 19.7 Å². The number of ether oxygens (including phenoxy) is 2. The van der Waals surface area contributed by atoms with Crippen LogP contribution in [0, 0.1) is 5.82 Å². The van der Waals surface area contributed by atoms with Crippen LogP contribution in [0.25, 0.3) is 0 Å².